The third kappa shape index (κ3) is 44.2. The lowest BCUT2D eigenvalue weighted by Gasteiger charge is -2.24. The summed E-state index contributed by atoms with van der Waals surface area (Å²) in [5, 5.41) is 10.1. The van der Waals surface area contributed by atoms with Crippen LogP contribution in [-0.4, -0.2) is 86.1 Å². The topological polar surface area (TPSA) is 129 Å². The lowest BCUT2D eigenvalue weighted by atomic mass is 10.2. The van der Waals surface area contributed by atoms with Crippen molar-refractivity contribution in [2.24, 2.45) is 0 Å². The number of rotatable bonds is 38. The summed E-state index contributed by atoms with van der Waals surface area (Å²) in [6.45, 7) is 4.00. The molecule has 0 aromatic carbocycles. The number of nitrogens with zero attached hydrogens (tertiary/aromatic N) is 1. The summed E-state index contributed by atoms with van der Waals surface area (Å²) in [6, 6.07) is 0. The average molecular weight is 871 g/mol. The maximum atomic E-state index is 12.7. The summed E-state index contributed by atoms with van der Waals surface area (Å²) < 4.78 is 34.1. The molecule has 0 saturated heterocycles. The Kier molecular flexibility index (Phi) is 38.0. The van der Waals surface area contributed by atoms with Crippen LogP contribution in [0.3, 0.4) is 0 Å². The molecule has 0 aromatic heterocycles. The molecule has 0 amide bonds. The van der Waals surface area contributed by atoms with Crippen LogP contribution in [0.5, 0.6) is 0 Å². The third-order valence-electron chi connectivity index (χ3n) is 8.57. The Balaban J connectivity index is 4.65. The number of quaternary nitrogens is 1. The Labute approximate surface area is 370 Å². The number of unbranched alkanes of at least 4 members (excludes halogenated alkanes) is 4. The summed E-state index contributed by atoms with van der Waals surface area (Å²) in [4.78, 5) is 35.3. The van der Waals surface area contributed by atoms with Crippen LogP contribution in [0.2, 0.25) is 0 Å². The van der Waals surface area contributed by atoms with Gasteiger partial charge in [0.1, 0.15) is 19.8 Å². The highest BCUT2D eigenvalue weighted by molar-refractivity contribution is 7.47. The van der Waals surface area contributed by atoms with E-state index in [2.05, 4.69) is 80.7 Å². The first-order valence-electron chi connectivity index (χ1n) is 22.4. The second-order valence-electron chi connectivity index (χ2n) is 15.5. The molecule has 0 rings (SSSR count). The zero-order valence-electron chi connectivity index (χ0n) is 38.2. The van der Waals surface area contributed by atoms with E-state index in [1.165, 1.54) is 19.3 Å². The minimum Gasteiger partial charge on any atom is -0.462 e. The first-order valence-corrected chi connectivity index (χ1v) is 23.9. The van der Waals surface area contributed by atoms with Crippen LogP contribution in [0.15, 0.2) is 122 Å². The van der Waals surface area contributed by atoms with Crippen molar-refractivity contribution in [2.45, 2.75) is 135 Å². The summed E-state index contributed by atoms with van der Waals surface area (Å²) in [5.41, 5.74) is 0. The number of esters is 2. The van der Waals surface area contributed by atoms with Crippen LogP contribution in [0.1, 0.15) is 123 Å². The van der Waals surface area contributed by atoms with Gasteiger partial charge in [-0.15, -0.1) is 0 Å². The Morgan fingerprint density at radius 3 is 1.72 bits per heavy atom. The van der Waals surface area contributed by atoms with Crippen molar-refractivity contribution in [3.05, 3.63) is 122 Å². The number of likely N-dealkylation sites (N-methyl/N-ethyl adjacent to an activating group) is 1. The lowest BCUT2D eigenvalue weighted by molar-refractivity contribution is -0.870. The van der Waals surface area contributed by atoms with E-state index in [4.69, 9.17) is 18.5 Å². The number of aliphatic hydroxyl groups is 1. The number of carbonyl (C=O) groups excluding carboxylic acids is 2. The Bertz CT molecular complexity index is 1460. The largest absolute Gasteiger partial charge is 0.472 e. The molecule has 0 bridgehead atoms. The quantitative estimate of drug-likeness (QED) is 0.0156. The van der Waals surface area contributed by atoms with E-state index in [-0.39, 0.29) is 26.1 Å². The number of allylic oxidation sites excluding steroid dienone is 18. The fraction of sp³-hybridized carbons (Fsp3) is 0.560. The maximum Gasteiger partial charge on any atom is 0.472 e. The molecule has 0 aliphatic carbocycles. The predicted octanol–water partition coefficient (Wildman–Crippen LogP) is 11.9. The van der Waals surface area contributed by atoms with E-state index in [0.29, 0.717) is 36.7 Å². The smallest absolute Gasteiger partial charge is 0.462 e. The van der Waals surface area contributed by atoms with Crippen molar-refractivity contribution in [1.82, 2.24) is 0 Å². The fourth-order valence-corrected chi connectivity index (χ4v) is 5.79. The zero-order chi connectivity index (χ0) is 45.1. The average Bonchev–Trinajstić information content (AvgIpc) is 3.21. The molecule has 10 nitrogen and oxygen atoms in total. The lowest BCUT2D eigenvalue weighted by Crippen LogP contribution is -2.37. The first kappa shape index (κ1) is 57.4. The number of hydrogen-bond acceptors (Lipinski definition) is 8. The molecule has 0 aliphatic rings. The van der Waals surface area contributed by atoms with Crippen LogP contribution >= 0.6 is 7.82 Å². The zero-order valence-corrected chi connectivity index (χ0v) is 39.1. The Hall–Kier alpha value is -3.63. The molecule has 0 spiro atoms. The van der Waals surface area contributed by atoms with E-state index in [1.807, 2.05) is 69.8 Å². The van der Waals surface area contributed by atoms with Gasteiger partial charge in [-0.3, -0.25) is 18.6 Å². The van der Waals surface area contributed by atoms with Crippen LogP contribution in [0, 0.1) is 0 Å². The van der Waals surface area contributed by atoms with Gasteiger partial charge in [0, 0.05) is 12.8 Å². The fourth-order valence-electron chi connectivity index (χ4n) is 5.05. The van der Waals surface area contributed by atoms with Gasteiger partial charge in [-0.05, 0) is 83.5 Å². The number of ether oxygens (including phenoxy) is 2. The van der Waals surface area contributed by atoms with Gasteiger partial charge < -0.3 is 24.0 Å². The number of hydrogen-bond donors (Lipinski definition) is 2. The molecule has 0 fully saturated rings. The normalized spacial score (nSPS) is 15.2. The van der Waals surface area contributed by atoms with Gasteiger partial charge >= 0.3 is 19.8 Å². The highest BCUT2D eigenvalue weighted by Gasteiger charge is 2.27. The molecule has 1 unspecified atom stereocenters. The third-order valence-corrected chi connectivity index (χ3v) is 9.55. The van der Waals surface area contributed by atoms with Crippen molar-refractivity contribution >= 4 is 19.8 Å². The van der Waals surface area contributed by atoms with Crippen molar-refractivity contribution in [3.8, 4) is 0 Å². The van der Waals surface area contributed by atoms with E-state index in [9.17, 15) is 24.2 Å². The van der Waals surface area contributed by atoms with Crippen molar-refractivity contribution in [1.29, 1.82) is 0 Å². The molecule has 0 saturated carbocycles. The van der Waals surface area contributed by atoms with Crippen molar-refractivity contribution in [2.75, 3.05) is 47.5 Å². The highest BCUT2D eigenvalue weighted by Crippen LogP contribution is 2.43. The van der Waals surface area contributed by atoms with Gasteiger partial charge in [-0.2, -0.15) is 0 Å². The Morgan fingerprint density at radius 2 is 1.15 bits per heavy atom. The molecule has 11 heteroatoms. The number of aliphatic hydroxyl groups excluding tert-OH is 1. The summed E-state index contributed by atoms with van der Waals surface area (Å²) >= 11 is 0. The van der Waals surface area contributed by atoms with Gasteiger partial charge in [0.2, 0.25) is 0 Å². The van der Waals surface area contributed by atoms with Crippen LogP contribution in [0.25, 0.3) is 0 Å². The predicted molar refractivity (Wildman–Crippen MR) is 253 cm³/mol. The van der Waals surface area contributed by atoms with E-state index >= 15 is 0 Å². The van der Waals surface area contributed by atoms with Crippen LogP contribution in [-0.2, 0) is 32.7 Å². The number of phosphoric ester groups is 1. The summed E-state index contributed by atoms with van der Waals surface area (Å²) in [6.07, 6.45) is 53.0. The Morgan fingerprint density at radius 1 is 0.607 bits per heavy atom. The number of phosphoric acid groups is 1. The SMILES string of the molecule is CC/C=C\C/C=C\C/C=C\C/C=C\C/C=C\C/C=C\CCC(=O)O[C@H](COC(=O)CCC/C=C/C/C=C\C[C@H](O)/C=C\C=C/CCCCC)COP(=O)(O)OCC[N+](C)(C)C. The molecule has 0 aliphatic heterocycles. The molecule has 0 aromatic rings. The monoisotopic (exact) mass is 871 g/mol. The molecule has 2 N–H and O–H groups in total. The molecule has 3 atom stereocenters. The van der Waals surface area contributed by atoms with Gasteiger partial charge in [0.05, 0.1) is 33.9 Å². The van der Waals surface area contributed by atoms with Crippen molar-refractivity contribution < 1.29 is 47.2 Å². The highest BCUT2D eigenvalue weighted by atomic mass is 31.2. The van der Waals surface area contributed by atoms with E-state index in [0.717, 1.165) is 51.4 Å². The van der Waals surface area contributed by atoms with Crippen molar-refractivity contribution in [3.63, 3.8) is 0 Å². The van der Waals surface area contributed by atoms with E-state index < -0.39 is 38.6 Å². The molecule has 61 heavy (non-hydrogen) atoms. The molecular weight excluding hydrogens is 790 g/mol. The van der Waals surface area contributed by atoms with Gasteiger partial charge in [0.15, 0.2) is 6.10 Å². The van der Waals surface area contributed by atoms with Gasteiger partial charge in [0.25, 0.3) is 0 Å². The molecule has 344 valence electrons. The number of carbonyl (C=O) groups is 2. The standard InChI is InChI=1S/C50H80NO9P/c1-6-8-10-12-14-15-16-17-18-19-20-21-22-23-24-25-29-34-38-42-50(54)60-48(46-59-61(55,56)58-44-43-51(3,4)5)45-57-49(53)41-37-33-30-26-28-32-36-40-47(52)39-35-31-27-13-11-9-7-2/h8,10,14-15,17-18,20-21,23-24,26-27,29-32,34-36,39,47-48,52H,6-7,9,11-13,16,19,22,25,28,33,37-38,40-46H2,1-5H3/p+1/b10-8-,15-14-,18-17-,21-20-,24-23-,30-26+,31-27-,34-29-,36-32-,39-35-/t47-,48-/m1/s1. The molecule has 0 heterocycles. The van der Waals surface area contributed by atoms with Crippen LogP contribution in [0.4, 0.5) is 0 Å². The second-order valence-corrected chi connectivity index (χ2v) is 17.0. The molecular formula is C50H81NO9P+. The second kappa shape index (κ2) is 40.4. The molecule has 0 radical (unpaired) electrons. The minimum absolute atomic E-state index is 0.00844. The summed E-state index contributed by atoms with van der Waals surface area (Å²) in [7, 11) is 1.34. The van der Waals surface area contributed by atoms with Gasteiger partial charge in [-0.25, -0.2) is 4.57 Å². The van der Waals surface area contributed by atoms with Crippen LogP contribution < -0.4 is 0 Å². The summed E-state index contributed by atoms with van der Waals surface area (Å²) in [5.74, 6) is -1.02. The van der Waals surface area contributed by atoms with E-state index in [1.54, 1.807) is 6.08 Å². The minimum atomic E-state index is -4.43. The maximum absolute atomic E-state index is 12.7. The van der Waals surface area contributed by atoms with Gasteiger partial charge in [-0.1, -0.05) is 148 Å². The first-order chi connectivity index (χ1) is 29.4.